The third-order valence-corrected chi connectivity index (χ3v) is 2.42. The molecule has 0 aliphatic heterocycles. The maximum atomic E-state index is 10.7. The fraction of sp³-hybridized carbons (Fsp3) is 0.250. The molecule has 1 heterocycles. The van der Waals surface area contributed by atoms with Crippen LogP contribution in [0.1, 0.15) is 18.4 Å². The summed E-state index contributed by atoms with van der Waals surface area (Å²) < 4.78 is 0.722. The quantitative estimate of drug-likeness (QED) is 0.836. The van der Waals surface area contributed by atoms with Crippen molar-refractivity contribution in [3.8, 4) is 0 Å². The number of aliphatic carboxylic acids is 1. The number of carboxylic acid groups (broad SMARTS) is 1. The highest BCUT2D eigenvalue weighted by Gasteiger charge is 2.17. The Morgan fingerprint density at radius 1 is 1.77 bits per heavy atom. The number of hydrogen-bond donors (Lipinski definition) is 1. The second-order valence-corrected chi connectivity index (χ2v) is 3.87. The van der Waals surface area contributed by atoms with Gasteiger partial charge in [0.05, 0.1) is 5.92 Å². The van der Waals surface area contributed by atoms with Gasteiger partial charge in [-0.15, -0.1) is 0 Å². The van der Waals surface area contributed by atoms with Crippen molar-refractivity contribution in [3.63, 3.8) is 0 Å². The Bertz CT molecular complexity index is 343. The number of halogens is 2. The summed E-state index contributed by atoms with van der Waals surface area (Å²) >= 11 is 8.94. The lowest BCUT2D eigenvalue weighted by molar-refractivity contribution is -0.138. The van der Waals surface area contributed by atoms with E-state index in [0.717, 1.165) is 4.47 Å². The summed E-state index contributed by atoms with van der Waals surface area (Å²) in [5, 5.41) is 8.98. The van der Waals surface area contributed by atoms with E-state index in [4.69, 9.17) is 16.7 Å². The summed E-state index contributed by atoms with van der Waals surface area (Å²) in [5.41, 5.74) is 0.517. The zero-order valence-corrected chi connectivity index (χ0v) is 9.13. The second kappa shape index (κ2) is 4.07. The van der Waals surface area contributed by atoms with E-state index in [9.17, 15) is 4.79 Å². The van der Waals surface area contributed by atoms with Gasteiger partial charge in [-0.2, -0.15) is 0 Å². The highest BCUT2D eigenvalue weighted by molar-refractivity contribution is 9.10. The highest BCUT2D eigenvalue weighted by atomic mass is 79.9. The van der Waals surface area contributed by atoms with Crippen molar-refractivity contribution in [1.29, 1.82) is 0 Å². The molecule has 1 aromatic heterocycles. The first-order chi connectivity index (χ1) is 6.02. The molecule has 1 rings (SSSR count). The minimum atomic E-state index is -0.915. The Morgan fingerprint density at radius 2 is 2.38 bits per heavy atom. The topological polar surface area (TPSA) is 50.2 Å². The van der Waals surface area contributed by atoms with Crippen molar-refractivity contribution in [2.24, 2.45) is 0 Å². The molecule has 13 heavy (non-hydrogen) atoms. The van der Waals surface area contributed by atoms with E-state index in [1.807, 2.05) is 0 Å². The van der Waals surface area contributed by atoms with Crippen LogP contribution in [0.3, 0.4) is 0 Å². The maximum absolute atomic E-state index is 10.7. The number of pyridine rings is 1. The lowest BCUT2D eigenvalue weighted by atomic mass is 10.0. The van der Waals surface area contributed by atoms with Crippen molar-refractivity contribution >= 4 is 33.5 Å². The molecule has 0 saturated carbocycles. The van der Waals surface area contributed by atoms with Crippen LogP contribution in [0.15, 0.2) is 16.7 Å². The molecular weight excluding hydrogens is 257 g/mol. The first-order valence-electron chi connectivity index (χ1n) is 3.56. The van der Waals surface area contributed by atoms with Gasteiger partial charge in [-0.1, -0.05) is 11.6 Å². The average molecular weight is 265 g/mol. The molecule has 0 aliphatic rings. The number of rotatable bonds is 2. The average Bonchev–Trinajstić information content (AvgIpc) is 2.08. The minimum Gasteiger partial charge on any atom is -0.481 e. The largest absolute Gasteiger partial charge is 0.481 e. The van der Waals surface area contributed by atoms with Crippen LogP contribution in [0.2, 0.25) is 5.15 Å². The van der Waals surface area contributed by atoms with Gasteiger partial charge in [0.2, 0.25) is 0 Å². The first kappa shape index (κ1) is 10.5. The predicted molar refractivity (Wildman–Crippen MR) is 53.0 cm³/mol. The van der Waals surface area contributed by atoms with E-state index >= 15 is 0 Å². The number of nitrogens with zero attached hydrogens (tertiary/aromatic N) is 1. The standard InChI is InChI=1S/C8H7BrClNO2/c1-4(8(12)13)6-2-5(9)3-11-7(6)10/h2-4H,1H3,(H,12,13). The fourth-order valence-corrected chi connectivity index (χ4v) is 1.49. The molecule has 0 aliphatic carbocycles. The van der Waals surface area contributed by atoms with Gasteiger partial charge in [-0.3, -0.25) is 4.79 Å². The van der Waals surface area contributed by atoms with Gasteiger partial charge in [-0.05, 0) is 28.9 Å². The van der Waals surface area contributed by atoms with Crippen LogP contribution < -0.4 is 0 Å². The van der Waals surface area contributed by atoms with Gasteiger partial charge in [0.1, 0.15) is 5.15 Å². The highest BCUT2D eigenvalue weighted by Crippen LogP contribution is 2.25. The lowest BCUT2D eigenvalue weighted by Gasteiger charge is -2.07. The maximum Gasteiger partial charge on any atom is 0.310 e. The molecule has 1 aromatic rings. The number of aromatic nitrogens is 1. The van der Waals surface area contributed by atoms with Crippen molar-refractivity contribution in [2.75, 3.05) is 0 Å². The SMILES string of the molecule is CC(C(=O)O)c1cc(Br)cnc1Cl. The van der Waals surface area contributed by atoms with E-state index in [0.29, 0.717) is 5.56 Å². The summed E-state index contributed by atoms with van der Waals surface area (Å²) in [7, 11) is 0. The van der Waals surface area contributed by atoms with E-state index in [2.05, 4.69) is 20.9 Å². The molecule has 5 heteroatoms. The van der Waals surface area contributed by atoms with Crippen LogP contribution in [0.5, 0.6) is 0 Å². The molecule has 1 unspecified atom stereocenters. The van der Waals surface area contributed by atoms with Crippen molar-refractivity contribution in [3.05, 3.63) is 27.5 Å². The van der Waals surface area contributed by atoms with Gasteiger partial charge >= 0.3 is 5.97 Å². The summed E-state index contributed by atoms with van der Waals surface area (Å²) in [6.07, 6.45) is 1.53. The van der Waals surface area contributed by atoms with E-state index in [1.54, 1.807) is 13.0 Å². The number of carboxylic acids is 1. The monoisotopic (exact) mass is 263 g/mol. The molecule has 0 amide bonds. The predicted octanol–water partition coefficient (Wildman–Crippen LogP) is 2.69. The number of carbonyl (C=O) groups is 1. The third-order valence-electron chi connectivity index (χ3n) is 1.67. The normalized spacial score (nSPS) is 12.5. The molecule has 3 nitrogen and oxygen atoms in total. The van der Waals surface area contributed by atoms with Crippen LogP contribution in [0.25, 0.3) is 0 Å². The van der Waals surface area contributed by atoms with E-state index < -0.39 is 11.9 Å². The molecule has 0 radical (unpaired) electrons. The molecule has 1 atom stereocenters. The van der Waals surface area contributed by atoms with Crippen LogP contribution in [0.4, 0.5) is 0 Å². The van der Waals surface area contributed by atoms with Gasteiger partial charge < -0.3 is 5.11 Å². The zero-order valence-electron chi connectivity index (χ0n) is 6.79. The Kier molecular flexibility index (Phi) is 3.27. The molecule has 0 spiro atoms. The lowest BCUT2D eigenvalue weighted by Crippen LogP contribution is -2.08. The Balaban J connectivity index is 3.12. The van der Waals surface area contributed by atoms with Crippen LogP contribution in [-0.2, 0) is 4.79 Å². The molecule has 0 aromatic carbocycles. The van der Waals surface area contributed by atoms with Gasteiger partial charge in [0.25, 0.3) is 0 Å². The summed E-state index contributed by atoms with van der Waals surface area (Å²) in [6, 6.07) is 1.66. The smallest absolute Gasteiger partial charge is 0.310 e. The molecule has 0 bridgehead atoms. The molecular formula is C8H7BrClNO2. The molecule has 70 valence electrons. The molecule has 1 N–H and O–H groups in total. The van der Waals surface area contributed by atoms with Crippen molar-refractivity contribution < 1.29 is 9.90 Å². The zero-order chi connectivity index (χ0) is 10.0. The van der Waals surface area contributed by atoms with Gasteiger partial charge in [0, 0.05) is 16.2 Å². The van der Waals surface area contributed by atoms with Gasteiger partial charge in [0.15, 0.2) is 0 Å². The molecule has 0 saturated heterocycles. The second-order valence-electron chi connectivity index (χ2n) is 2.59. The minimum absolute atomic E-state index is 0.234. The van der Waals surface area contributed by atoms with Crippen molar-refractivity contribution in [2.45, 2.75) is 12.8 Å². The van der Waals surface area contributed by atoms with E-state index in [-0.39, 0.29) is 5.15 Å². The first-order valence-corrected chi connectivity index (χ1v) is 4.73. The Labute approximate surface area is 88.9 Å². The summed E-state index contributed by atoms with van der Waals surface area (Å²) in [5.74, 6) is -1.56. The van der Waals surface area contributed by atoms with Crippen molar-refractivity contribution in [1.82, 2.24) is 4.98 Å². The van der Waals surface area contributed by atoms with Gasteiger partial charge in [-0.25, -0.2) is 4.98 Å². The summed E-state index contributed by atoms with van der Waals surface area (Å²) in [4.78, 5) is 14.5. The Hall–Kier alpha value is -0.610. The van der Waals surface area contributed by atoms with Crippen LogP contribution in [0, 0.1) is 0 Å². The molecule has 0 fully saturated rings. The summed E-state index contributed by atoms with van der Waals surface area (Å²) in [6.45, 7) is 1.57. The fourth-order valence-electron chi connectivity index (χ4n) is 0.875. The Morgan fingerprint density at radius 3 is 2.92 bits per heavy atom. The van der Waals surface area contributed by atoms with E-state index in [1.165, 1.54) is 6.20 Å². The third kappa shape index (κ3) is 2.42. The van der Waals surface area contributed by atoms with Crippen LogP contribution >= 0.6 is 27.5 Å². The van der Waals surface area contributed by atoms with Crippen LogP contribution in [-0.4, -0.2) is 16.1 Å². The number of hydrogen-bond acceptors (Lipinski definition) is 2.